The predicted octanol–water partition coefficient (Wildman–Crippen LogP) is 4.48. The molecule has 0 nitrogen and oxygen atoms in total. The Hall–Kier alpha value is -0.520. The fourth-order valence-electron chi connectivity index (χ4n) is 1.28. The van der Waals surface area contributed by atoms with Gasteiger partial charge in [0.15, 0.2) is 0 Å². The van der Waals surface area contributed by atoms with Crippen molar-refractivity contribution < 1.29 is 0 Å². The summed E-state index contributed by atoms with van der Waals surface area (Å²) in [5.41, 5.74) is 3.04. The molecular formula is C12H22. The zero-order valence-electron chi connectivity index (χ0n) is 8.98. The van der Waals surface area contributed by atoms with Gasteiger partial charge < -0.3 is 0 Å². The van der Waals surface area contributed by atoms with Crippen molar-refractivity contribution in [3.63, 3.8) is 0 Å². The molecule has 0 rings (SSSR count). The van der Waals surface area contributed by atoms with Crippen molar-refractivity contribution in [3.05, 3.63) is 23.3 Å². The predicted molar refractivity (Wildman–Crippen MR) is 57.3 cm³/mol. The lowest BCUT2D eigenvalue weighted by atomic mass is 10.0. The van der Waals surface area contributed by atoms with Crippen molar-refractivity contribution >= 4 is 0 Å². The summed E-state index contributed by atoms with van der Waals surface area (Å²) in [6, 6.07) is 0. The molecule has 0 fully saturated rings. The maximum atomic E-state index is 2.32. The van der Waals surface area contributed by atoms with Gasteiger partial charge in [0.05, 0.1) is 0 Å². The molecule has 0 bridgehead atoms. The Bertz CT molecular complexity index is 157. The van der Waals surface area contributed by atoms with Crippen LogP contribution in [0.25, 0.3) is 0 Å². The number of allylic oxidation sites excluding steroid dienone is 4. The van der Waals surface area contributed by atoms with Crippen LogP contribution in [0.2, 0.25) is 0 Å². The van der Waals surface area contributed by atoms with E-state index in [9.17, 15) is 0 Å². The van der Waals surface area contributed by atoms with Gasteiger partial charge in [-0.25, -0.2) is 0 Å². The lowest BCUT2D eigenvalue weighted by Crippen LogP contribution is -1.82. The van der Waals surface area contributed by atoms with E-state index in [2.05, 4.69) is 39.8 Å². The van der Waals surface area contributed by atoms with E-state index in [0.29, 0.717) is 0 Å². The Kier molecular flexibility index (Phi) is 6.84. The monoisotopic (exact) mass is 166 g/mol. The van der Waals surface area contributed by atoms with Gasteiger partial charge in [0.1, 0.15) is 0 Å². The summed E-state index contributed by atoms with van der Waals surface area (Å²) < 4.78 is 0. The van der Waals surface area contributed by atoms with Crippen molar-refractivity contribution in [1.29, 1.82) is 0 Å². The largest absolute Gasteiger partial charge is 0.0884 e. The highest BCUT2D eigenvalue weighted by molar-refractivity contribution is 5.03. The van der Waals surface area contributed by atoms with Gasteiger partial charge in [-0.05, 0) is 40.0 Å². The first-order chi connectivity index (χ1) is 5.70. The fourth-order valence-corrected chi connectivity index (χ4v) is 1.28. The molecule has 0 saturated heterocycles. The molecule has 0 aliphatic rings. The van der Waals surface area contributed by atoms with E-state index >= 15 is 0 Å². The standard InChI is InChI=1S/C12H22/c1-5-8-12(6-2)10-7-9-11(3)4/h6,9H,5,7-8,10H2,1-4H3. The maximum absolute atomic E-state index is 2.32. The van der Waals surface area contributed by atoms with E-state index in [1.165, 1.54) is 31.3 Å². The summed E-state index contributed by atoms with van der Waals surface area (Å²) in [4.78, 5) is 0. The van der Waals surface area contributed by atoms with Crippen LogP contribution in [0, 0.1) is 0 Å². The second kappa shape index (κ2) is 7.15. The van der Waals surface area contributed by atoms with E-state index in [-0.39, 0.29) is 0 Å². The van der Waals surface area contributed by atoms with Crippen LogP contribution in [0.4, 0.5) is 0 Å². The summed E-state index contributed by atoms with van der Waals surface area (Å²) >= 11 is 0. The molecule has 0 aromatic heterocycles. The quantitative estimate of drug-likeness (QED) is 0.528. The summed E-state index contributed by atoms with van der Waals surface area (Å²) in [7, 11) is 0. The van der Waals surface area contributed by atoms with Crippen molar-refractivity contribution in [2.45, 2.75) is 53.4 Å². The van der Waals surface area contributed by atoms with E-state index in [1.807, 2.05) is 0 Å². The van der Waals surface area contributed by atoms with Crippen LogP contribution in [0.15, 0.2) is 23.3 Å². The Balaban J connectivity index is 3.67. The lowest BCUT2D eigenvalue weighted by molar-refractivity contribution is 0.824. The molecule has 0 spiro atoms. The second-order valence-electron chi connectivity index (χ2n) is 3.52. The van der Waals surface area contributed by atoms with Gasteiger partial charge in [-0.1, -0.05) is 36.6 Å². The molecule has 0 heterocycles. The maximum Gasteiger partial charge on any atom is -0.0286 e. The van der Waals surface area contributed by atoms with Gasteiger partial charge in [0.2, 0.25) is 0 Å². The third kappa shape index (κ3) is 6.21. The number of rotatable bonds is 5. The van der Waals surface area contributed by atoms with Gasteiger partial charge in [-0.15, -0.1) is 0 Å². The Morgan fingerprint density at radius 3 is 2.25 bits per heavy atom. The van der Waals surface area contributed by atoms with Gasteiger partial charge in [-0.3, -0.25) is 0 Å². The molecule has 12 heavy (non-hydrogen) atoms. The van der Waals surface area contributed by atoms with E-state index < -0.39 is 0 Å². The molecule has 0 heteroatoms. The molecule has 0 radical (unpaired) electrons. The second-order valence-corrected chi connectivity index (χ2v) is 3.52. The molecule has 0 atom stereocenters. The van der Waals surface area contributed by atoms with Crippen LogP contribution in [0.5, 0.6) is 0 Å². The van der Waals surface area contributed by atoms with Gasteiger partial charge in [0, 0.05) is 0 Å². The van der Waals surface area contributed by atoms with Crippen LogP contribution in [-0.2, 0) is 0 Å². The average Bonchev–Trinajstić information content (AvgIpc) is 2.02. The molecule has 0 amide bonds. The van der Waals surface area contributed by atoms with Crippen molar-refractivity contribution in [3.8, 4) is 0 Å². The summed E-state index contributed by atoms with van der Waals surface area (Å²) in [5.74, 6) is 0. The highest BCUT2D eigenvalue weighted by Gasteiger charge is 1.92. The molecule has 0 aromatic rings. The third-order valence-corrected chi connectivity index (χ3v) is 2.00. The molecule has 0 aromatic carbocycles. The lowest BCUT2D eigenvalue weighted by Gasteiger charge is -2.02. The molecule has 0 aliphatic carbocycles. The summed E-state index contributed by atoms with van der Waals surface area (Å²) in [6.07, 6.45) is 9.58. The molecular weight excluding hydrogens is 144 g/mol. The van der Waals surface area contributed by atoms with Gasteiger partial charge in [-0.2, -0.15) is 0 Å². The van der Waals surface area contributed by atoms with E-state index in [1.54, 1.807) is 5.57 Å². The van der Waals surface area contributed by atoms with Crippen LogP contribution < -0.4 is 0 Å². The van der Waals surface area contributed by atoms with E-state index in [0.717, 1.165) is 0 Å². The Morgan fingerprint density at radius 1 is 1.17 bits per heavy atom. The number of hydrogen-bond acceptors (Lipinski definition) is 0. The SMILES string of the molecule is CC=C(CCC)CCC=C(C)C. The molecule has 0 aliphatic heterocycles. The normalized spacial score (nSPS) is 11.5. The summed E-state index contributed by atoms with van der Waals surface area (Å²) in [6.45, 7) is 8.71. The highest BCUT2D eigenvalue weighted by Crippen LogP contribution is 2.12. The molecule has 0 N–H and O–H groups in total. The van der Waals surface area contributed by atoms with Crippen LogP contribution in [0.3, 0.4) is 0 Å². The Morgan fingerprint density at radius 2 is 1.83 bits per heavy atom. The van der Waals surface area contributed by atoms with Gasteiger partial charge in [0.25, 0.3) is 0 Å². The average molecular weight is 166 g/mol. The van der Waals surface area contributed by atoms with Crippen molar-refractivity contribution in [2.75, 3.05) is 0 Å². The van der Waals surface area contributed by atoms with Crippen LogP contribution in [0.1, 0.15) is 53.4 Å². The summed E-state index contributed by atoms with van der Waals surface area (Å²) in [5, 5.41) is 0. The van der Waals surface area contributed by atoms with Crippen LogP contribution in [-0.4, -0.2) is 0 Å². The topological polar surface area (TPSA) is 0 Å². The van der Waals surface area contributed by atoms with Gasteiger partial charge >= 0.3 is 0 Å². The molecule has 0 saturated carbocycles. The molecule has 0 unspecified atom stereocenters. The molecule has 70 valence electrons. The first-order valence-corrected chi connectivity index (χ1v) is 4.98. The minimum Gasteiger partial charge on any atom is -0.0884 e. The third-order valence-electron chi connectivity index (χ3n) is 2.00. The fraction of sp³-hybridized carbons (Fsp3) is 0.667. The highest BCUT2D eigenvalue weighted by atomic mass is 14.0. The smallest absolute Gasteiger partial charge is 0.0286 e. The first kappa shape index (κ1) is 11.5. The minimum atomic E-state index is 1.21. The zero-order chi connectivity index (χ0) is 9.40. The van der Waals surface area contributed by atoms with Crippen molar-refractivity contribution in [2.24, 2.45) is 0 Å². The van der Waals surface area contributed by atoms with E-state index in [4.69, 9.17) is 0 Å². The number of hydrogen-bond donors (Lipinski definition) is 0. The van der Waals surface area contributed by atoms with Crippen LogP contribution >= 0.6 is 0 Å². The Labute approximate surface area is 77.4 Å². The first-order valence-electron chi connectivity index (χ1n) is 4.98. The zero-order valence-corrected chi connectivity index (χ0v) is 8.98. The van der Waals surface area contributed by atoms with Crippen molar-refractivity contribution in [1.82, 2.24) is 0 Å². The minimum absolute atomic E-state index is 1.21.